The number of hydrogen-bond donors (Lipinski definition) is 1. The van der Waals surface area contributed by atoms with Crippen LogP contribution in [-0.2, 0) is 13.0 Å². The maximum atomic E-state index is 10.8. The molecule has 6 nitrogen and oxygen atoms in total. The Balaban J connectivity index is 1.99. The molecule has 1 N–H and O–H groups in total. The van der Waals surface area contributed by atoms with Gasteiger partial charge in [0.1, 0.15) is 5.75 Å². The topological polar surface area (TPSA) is 85.5 Å². The van der Waals surface area contributed by atoms with Gasteiger partial charge in [-0.05, 0) is 24.1 Å². The number of benzene rings is 1. The number of carbonyl (C=O) groups is 1. The Bertz CT molecular complexity index is 640. The normalized spacial score (nSPS) is 10.9. The summed E-state index contributed by atoms with van der Waals surface area (Å²) in [5, 5.41) is 12.9. The highest BCUT2D eigenvalue weighted by atomic mass is 35.5. The van der Waals surface area contributed by atoms with E-state index in [9.17, 15) is 4.79 Å². The Hall–Kier alpha value is -2.08. The molecule has 2 rings (SSSR count). The molecule has 0 aliphatic rings. The molecule has 0 radical (unpaired) electrons. The minimum absolute atomic E-state index is 0.103. The molecule has 1 aromatic carbocycles. The van der Waals surface area contributed by atoms with E-state index in [-0.39, 0.29) is 17.2 Å². The van der Waals surface area contributed by atoms with E-state index in [1.165, 1.54) is 18.2 Å². The Morgan fingerprint density at radius 1 is 1.48 bits per heavy atom. The quantitative estimate of drug-likeness (QED) is 0.881. The summed E-state index contributed by atoms with van der Waals surface area (Å²) in [5.41, 5.74) is 0.103. The summed E-state index contributed by atoms with van der Waals surface area (Å²) >= 11 is 5.96. The molecule has 7 heteroatoms. The second-order valence-corrected chi connectivity index (χ2v) is 5.35. The molecule has 0 spiro atoms. The van der Waals surface area contributed by atoms with E-state index in [1.807, 2.05) is 0 Å². The third-order valence-corrected chi connectivity index (χ3v) is 2.92. The summed E-state index contributed by atoms with van der Waals surface area (Å²) in [6.07, 6.45) is 0.709. The second kappa shape index (κ2) is 6.58. The van der Waals surface area contributed by atoms with E-state index >= 15 is 0 Å². The first-order valence-electron chi connectivity index (χ1n) is 6.43. The Kier molecular flexibility index (Phi) is 4.80. The van der Waals surface area contributed by atoms with Gasteiger partial charge in [0.05, 0.1) is 10.6 Å². The average molecular weight is 311 g/mol. The Morgan fingerprint density at radius 3 is 2.86 bits per heavy atom. The van der Waals surface area contributed by atoms with Crippen molar-refractivity contribution in [2.45, 2.75) is 26.9 Å². The fourth-order valence-corrected chi connectivity index (χ4v) is 1.91. The number of halogens is 1. The highest BCUT2D eigenvalue weighted by Crippen LogP contribution is 2.26. The third-order valence-electron chi connectivity index (χ3n) is 2.63. The summed E-state index contributed by atoms with van der Waals surface area (Å²) in [7, 11) is 0. The van der Waals surface area contributed by atoms with Gasteiger partial charge in [-0.3, -0.25) is 0 Å². The molecule has 0 amide bonds. The number of hydrogen-bond acceptors (Lipinski definition) is 5. The molecule has 0 atom stereocenters. The van der Waals surface area contributed by atoms with Crippen molar-refractivity contribution in [1.29, 1.82) is 0 Å². The molecule has 1 heterocycles. The maximum absolute atomic E-state index is 10.8. The van der Waals surface area contributed by atoms with Gasteiger partial charge in [-0.2, -0.15) is 4.98 Å². The lowest BCUT2D eigenvalue weighted by Gasteiger charge is -2.06. The van der Waals surface area contributed by atoms with Crippen molar-refractivity contribution < 1.29 is 19.2 Å². The summed E-state index contributed by atoms with van der Waals surface area (Å²) < 4.78 is 10.6. The van der Waals surface area contributed by atoms with E-state index < -0.39 is 5.97 Å². The van der Waals surface area contributed by atoms with Crippen LogP contribution in [0, 0.1) is 5.92 Å². The summed E-state index contributed by atoms with van der Waals surface area (Å²) in [6.45, 7) is 4.22. The molecule has 0 saturated carbocycles. The van der Waals surface area contributed by atoms with Crippen molar-refractivity contribution in [2.75, 3.05) is 0 Å². The van der Waals surface area contributed by atoms with Gasteiger partial charge in [-0.15, -0.1) is 0 Å². The molecule has 2 aromatic rings. The molecule has 0 bridgehead atoms. The zero-order chi connectivity index (χ0) is 15.4. The lowest BCUT2D eigenvalue weighted by atomic mass is 10.1. The number of nitrogens with zero attached hydrogens (tertiary/aromatic N) is 2. The van der Waals surface area contributed by atoms with Crippen LogP contribution in [0.25, 0.3) is 0 Å². The molecule has 1 aromatic heterocycles. The zero-order valence-corrected chi connectivity index (χ0v) is 12.4. The number of ether oxygens (including phenoxy) is 1. The Morgan fingerprint density at radius 2 is 2.24 bits per heavy atom. The smallest absolute Gasteiger partial charge is 0.335 e. The number of aromatic carboxylic acids is 1. The first-order chi connectivity index (χ1) is 9.95. The molecule has 0 fully saturated rings. The van der Waals surface area contributed by atoms with E-state index in [1.54, 1.807) is 0 Å². The predicted molar refractivity (Wildman–Crippen MR) is 75.6 cm³/mol. The average Bonchev–Trinajstić information content (AvgIpc) is 2.83. The van der Waals surface area contributed by atoms with Crippen LogP contribution in [0.5, 0.6) is 5.75 Å². The van der Waals surface area contributed by atoms with E-state index in [0.717, 1.165) is 0 Å². The number of rotatable bonds is 6. The van der Waals surface area contributed by atoms with Crippen molar-refractivity contribution in [2.24, 2.45) is 5.92 Å². The standard InChI is InChI=1S/C14H15ClN2O4/c1-8(2)5-13-16-12(17-21-13)7-20-11-4-3-9(14(18)19)6-10(11)15/h3-4,6,8H,5,7H2,1-2H3,(H,18,19). The fraction of sp³-hybridized carbons (Fsp3) is 0.357. The van der Waals surface area contributed by atoms with E-state index in [0.29, 0.717) is 29.8 Å². The van der Waals surface area contributed by atoms with Crippen LogP contribution in [0.4, 0.5) is 0 Å². The molecule has 0 unspecified atom stereocenters. The van der Waals surface area contributed by atoms with Crippen LogP contribution in [-0.4, -0.2) is 21.2 Å². The van der Waals surface area contributed by atoms with Gasteiger partial charge in [0.15, 0.2) is 6.61 Å². The molecule has 112 valence electrons. The fourth-order valence-electron chi connectivity index (χ4n) is 1.67. The van der Waals surface area contributed by atoms with Crippen molar-refractivity contribution in [3.05, 3.63) is 40.5 Å². The highest BCUT2D eigenvalue weighted by molar-refractivity contribution is 6.32. The van der Waals surface area contributed by atoms with Gasteiger partial charge >= 0.3 is 5.97 Å². The SMILES string of the molecule is CC(C)Cc1nc(COc2ccc(C(=O)O)cc2Cl)no1. The van der Waals surface area contributed by atoms with Crippen LogP contribution in [0.1, 0.15) is 35.9 Å². The molecule has 0 saturated heterocycles. The van der Waals surface area contributed by atoms with Crippen LogP contribution in [0.15, 0.2) is 22.7 Å². The molecule has 0 aliphatic heterocycles. The molecular formula is C14H15ClN2O4. The van der Waals surface area contributed by atoms with Crippen LogP contribution in [0.3, 0.4) is 0 Å². The summed E-state index contributed by atoms with van der Waals surface area (Å²) in [5.74, 6) is 0.744. The van der Waals surface area contributed by atoms with Gasteiger partial charge in [-0.1, -0.05) is 30.6 Å². The van der Waals surface area contributed by atoms with E-state index in [4.69, 9.17) is 26.0 Å². The van der Waals surface area contributed by atoms with Crippen molar-refractivity contribution >= 4 is 17.6 Å². The lowest BCUT2D eigenvalue weighted by Crippen LogP contribution is -2.01. The zero-order valence-electron chi connectivity index (χ0n) is 11.7. The minimum atomic E-state index is -1.04. The minimum Gasteiger partial charge on any atom is -0.484 e. The molecule has 0 aliphatic carbocycles. The highest BCUT2D eigenvalue weighted by Gasteiger charge is 2.11. The van der Waals surface area contributed by atoms with Crippen LogP contribution >= 0.6 is 11.6 Å². The van der Waals surface area contributed by atoms with Crippen molar-refractivity contribution in [1.82, 2.24) is 10.1 Å². The van der Waals surface area contributed by atoms with Crippen molar-refractivity contribution in [3.8, 4) is 5.75 Å². The predicted octanol–water partition coefficient (Wildman–Crippen LogP) is 3.20. The van der Waals surface area contributed by atoms with E-state index in [2.05, 4.69) is 24.0 Å². The second-order valence-electron chi connectivity index (χ2n) is 4.94. The van der Waals surface area contributed by atoms with Gasteiger partial charge in [-0.25, -0.2) is 4.79 Å². The number of aromatic nitrogens is 2. The Labute approximate surface area is 126 Å². The van der Waals surface area contributed by atoms with Crippen LogP contribution in [0.2, 0.25) is 5.02 Å². The van der Waals surface area contributed by atoms with Crippen molar-refractivity contribution in [3.63, 3.8) is 0 Å². The molecular weight excluding hydrogens is 296 g/mol. The van der Waals surface area contributed by atoms with Gasteiger partial charge in [0.2, 0.25) is 11.7 Å². The third kappa shape index (κ3) is 4.19. The summed E-state index contributed by atoms with van der Waals surface area (Å²) in [6, 6.07) is 4.25. The number of carboxylic acid groups (broad SMARTS) is 1. The van der Waals surface area contributed by atoms with Gasteiger partial charge in [0, 0.05) is 6.42 Å². The molecule has 21 heavy (non-hydrogen) atoms. The van der Waals surface area contributed by atoms with Gasteiger partial charge in [0.25, 0.3) is 0 Å². The largest absolute Gasteiger partial charge is 0.484 e. The van der Waals surface area contributed by atoms with Gasteiger partial charge < -0.3 is 14.4 Å². The summed E-state index contributed by atoms with van der Waals surface area (Å²) in [4.78, 5) is 15.0. The first kappa shape index (κ1) is 15.3. The number of carboxylic acids is 1. The lowest BCUT2D eigenvalue weighted by molar-refractivity contribution is 0.0697. The first-order valence-corrected chi connectivity index (χ1v) is 6.80. The van der Waals surface area contributed by atoms with Crippen LogP contribution < -0.4 is 4.74 Å². The monoisotopic (exact) mass is 310 g/mol. The maximum Gasteiger partial charge on any atom is 0.335 e.